The van der Waals surface area contributed by atoms with E-state index < -0.39 is 0 Å². The molecule has 0 saturated carbocycles. The molecule has 2 rings (SSSR count). The molecule has 1 fully saturated rings. The second-order valence-corrected chi connectivity index (χ2v) is 4.33. The molecule has 0 spiro atoms. The average Bonchev–Trinajstić information content (AvgIpc) is 2.33. The van der Waals surface area contributed by atoms with Gasteiger partial charge in [0.1, 0.15) is 5.75 Å². The molecular weight excluding hydrogens is 200 g/mol. The van der Waals surface area contributed by atoms with Crippen LogP contribution < -0.4 is 15.0 Å². The van der Waals surface area contributed by atoms with Gasteiger partial charge in [0.05, 0.1) is 7.11 Å². The average molecular weight is 220 g/mol. The Bertz CT molecular complexity index is 370. The number of hydrogen-bond acceptors (Lipinski definition) is 3. The molecule has 1 N–H and O–H groups in total. The maximum absolute atomic E-state index is 5.41. The highest BCUT2D eigenvalue weighted by atomic mass is 16.5. The largest absolute Gasteiger partial charge is 0.496 e. The van der Waals surface area contributed by atoms with Gasteiger partial charge >= 0.3 is 0 Å². The highest BCUT2D eigenvalue weighted by Gasteiger charge is 2.13. The molecule has 3 nitrogen and oxygen atoms in total. The number of nitrogens with zero attached hydrogens (tertiary/aromatic N) is 1. The fraction of sp³-hybridized carbons (Fsp3) is 0.538. The summed E-state index contributed by atoms with van der Waals surface area (Å²) in [5, 5.41) is 3.37. The number of aryl methyl sites for hydroxylation is 1. The number of benzene rings is 1. The molecule has 16 heavy (non-hydrogen) atoms. The van der Waals surface area contributed by atoms with E-state index >= 15 is 0 Å². The van der Waals surface area contributed by atoms with Gasteiger partial charge in [-0.25, -0.2) is 0 Å². The summed E-state index contributed by atoms with van der Waals surface area (Å²) in [4.78, 5) is 2.41. The summed E-state index contributed by atoms with van der Waals surface area (Å²) in [7, 11) is 1.74. The van der Waals surface area contributed by atoms with E-state index in [0.717, 1.165) is 31.9 Å². The molecule has 1 aliphatic heterocycles. The smallest absolute Gasteiger partial charge is 0.124 e. The Morgan fingerprint density at radius 1 is 1.19 bits per heavy atom. The Balaban J connectivity index is 2.29. The molecule has 1 heterocycles. The highest BCUT2D eigenvalue weighted by molar-refractivity contribution is 5.57. The lowest BCUT2D eigenvalue weighted by Crippen LogP contribution is -2.43. The number of anilines is 1. The van der Waals surface area contributed by atoms with Crippen LogP contribution in [0.2, 0.25) is 0 Å². The second kappa shape index (κ2) is 4.74. The first-order chi connectivity index (χ1) is 7.72. The summed E-state index contributed by atoms with van der Waals surface area (Å²) in [5.74, 6) is 0.994. The lowest BCUT2D eigenvalue weighted by molar-refractivity contribution is 0.411. The predicted molar refractivity (Wildman–Crippen MR) is 67.6 cm³/mol. The minimum absolute atomic E-state index is 0.994. The van der Waals surface area contributed by atoms with Crippen LogP contribution in [-0.4, -0.2) is 33.3 Å². The van der Waals surface area contributed by atoms with Gasteiger partial charge in [0.15, 0.2) is 0 Å². The van der Waals surface area contributed by atoms with Crippen molar-refractivity contribution in [1.29, 1.82) is 0 Å². The molecule has 1 aromatic rings. The fourth-order valence-corrected chi connectivity index (χ4v) is 2.13. The summed E-state index contributed by atoms with van der Waals surface area (Å²) in [5.41, 5.74) is 3.82. The first kappa shape index (κ1) is 11.3. The van der Waals surface area contributed by atoms with Crippen LogP contribution in [0.4, 0.5) is 5.69 Å². The number of rotatable bonds is 2. The third-order valence-corrected chi connectivity index (χ3v) is 3.31. The Kier molecular flexibility index (Phi) is 3.34. The number of piperazine rings is 1. The maximum atomic E-state index is 5.41. The van der Waals surface area contributed by atoms with Gasteiger partial charge in [-0.05, 0) is 31.0 Å². The monoisotopic (exact) mass is 220 g/mol. The van der Waals surface area contributed by atoms with Gasteiger partial charge < -0.3 is 15.0 Å². The van der Waals surface area contributed by atoms with E-state index in [1.807, 2.05) is 0 Å². The van der Waals surface area contributed by atoms with E-state index in [-0.39, 0.29) is 0 Å². The molecule has 0 amide bonds. The number of nitrogens with one attached hydrogen (secondary N) is 1. The quantitative estimate of drug-likeness (QED) is 0.821. The van der Waals surface area contributed by atoms with Crippen LogP contribution in [0.3, 0.4) is 0 Å². The molecule has 0 aromatic heterocycles. The van der Waals surface area contributed by atoms with Crippen molar-refractivity contribution < 1.29 is 4.74 Å². The minimum atomic E-state index is 0.994. The van der Waals surface area contributed by atoms with E-state index in [0.29, 0.717) is 0 Å². The van der Waals surface area contributed by atoms with Gasteiger partial charge in [0, 0.05) is 37.9 Å². The minimum Gasteiger partial charge on any atom is -0.496 e. The third kappa shape index (κ3) is 2.14. The second-order valence-electron chi connectivity index (χ2n) is 4.33. The van der Waals surface area contributed by atoms with Crippen molar-refractivity contribution in [3.05, 3.63) is 23.3 Å². The van der Waals surface area contributed by atoms with E-state index in [9.17, 15) is 0 Å². The Morgan fingerprint density at radius 3 is 2.50 bits per heavy atom. The predicted octanol–water partition coefficient (Wildman–Crippen LogP) is 1.72. The van der Waals surface area contributed by atoms with Gasteiger partial charge in [0.2, 0.25) is 0 Å². The SMILES string of the molecule is COc1cc(N2CCNCC2)cc(C)c1C. The first-order valence-electron chi connectivity index (χ1n) is 5.83. The van der Waals surface area contributed by atoms with Crippen molar-refractivity contribution in [3.63, 3.8) is 0 Å². The highest BCUT2D eigenvalue weighted by Crippen LogP contribution is 2.28. The Morgan fingerprint density at radius 2 is 1.88 bits per heavy atom. The van der Waals surface area contributed by atoms with Crippen molar-refractivity contribution in [2.75, 3.05) is 38.2 Å². The topological polar surface area (TPSA) is 24.5 Å². The first-order valence-corrected chi connectivity index (χ1v) is 5.83. The van der Waals surface area contributed by atoms with Gasteiger partial charge in [-0.1, -0.05) is 0 Å². The molecule has 1 aliphatic rings. The number of hydrogen-bond donors (Lipinski definition) is 1. The summed E-state index contributed by atoms with van der Waals surface area (Å²) in [6.45, 7) is 8.53. The molecule has 0 aliphatic carbocycles. The van der Waals surface area contributed by atoms with E-state index in [4.69, 9.17) is 4.74 Å². The van der Waals surface area contributed by atoms with E-state index in [2.05, 4.69) is 36.2 Å². The van der Waals surface area contributed by atoms with E-state index in [1.54, 1.807) is 7.11 Å². The third-order valence-electron chi connectivity index (χ3n) is 3.31. The van der Waals surface area contributed by atoms with E-state index in [1.165, 1.54) is 16.8 Å². The van der Waals surface area contributed by atoms with Crippen LogP contribution in [0.25, 0.3) is 0 Å². The molecule has 0 unspecified atom stereocenters. The lowest BCUT2D eigenvalue weighted by atomic mass is 10.1. The zero-order valence-electron chi connectivity index (χ0n) is 10.3. The van der Waals surface area contributed by atoms with Crippen LogP contribution >= 0.6 is 0 Å². The Hall–Kier alpha value is -1.22. The lowest BCUT2D eigenvalue weighted by Gasteiger charge is -2.30. The molecular formula is C13H20N2O. The molecule has 0 bridgehead atoms. The molecule has 1 saturated heterocycles. The maximum Gasteiger partial charge on any atom is 0.124 e. The summed E-state index contributed by atoms with van der Waals surface area (Å²) in [6.07, 6.45) is 0. The summed E-state index contributed by atoms with van der Waals surface area (Å²) >= 11 is 0. The molecule has 1 aromatic carbocycles. The van der Waals surface area contributed by atoms with Crippen LogP contribution in [-0.2, 0) is 0 Å². The van der Waals surface area contributed by atoms with Gasteiger partial charge in [0.25, 0.3) is 0 Å². The molecule has 0 radical (unpaired) electrons. The van der Waals surface area contributed by atoms with Crippen molar-refractivity contribution in [3.8, 4) is 5.75 Å². The van der Waals surface area contributed by atoms with Crippen molar-refractivity contribution >= 4 is 5.69 Å². The molecule has 3 heteroatoms. The van der Waals surface area contributed by atoms with Crippen LogP contribution in [0.15, 0.2) is 12.1 Å². The normalized spacial score (nSPS) is 16.3. The molecule has 0 atom stereocenters. The number of ether oxygens (including phenoxy) is 1. The van der Waals surface area contributed by atoms with Gasteiger partial charge in [-0.15, -0.1) is 0 Å². The Labute approximate surface area is 97.4 Å². The standard InChI is InChI=1S/C13H20N2O/c1-10-8-12(9-13(16-3)11(10)2)15-6-4-14-5-7-15/h8-9,14H,4-7H2,1-3H3. The van der Waals surface area contributed by atoms with Crippen LogP contribution in [0.1, 0.15) is 11.1 Å². The van der Waals surface area contributed by atoms with Gasteiger partial charge in [-0.3, -0.25) is 0 Å². The summed E-state index contributed by atoms with van der Waals surface area (Å²) in [6, 6.07) is 4.40. The zero-order valence-corrected chi connectivity index (χ0v) is 10.3. The van der Waals surface area contributed by atoms with Gasteiger partial charge in [-0.2, -0.15) is 0 Å². The van der Waals surface area contributed by atoms with Crippen molar-refractivity contribution in [2.24, 2.45) is 0 Å². The summed E-state index contributed by atoms with van der Waals surface area (Å²) < 4.78 is 5.41. The number of methoxy groups -OCH3 is 1. The van der Waals surface area contributed by atoms with Crippen molar-refractivity contribution in [1.82, 2.24) is 5.32 Å². The fourth-order valence-electron chi connectivity index (χ4n) is 2.13. The van der Waals surface area contributed by atoms with Crippen LogP contribution in [0, 0.1) is 13.8 Å². The molecule has 88 valence electrons. The zero-order chi connectivity index (χ0) is 11.5. The van der Waals surface area contributed by atoms with Crippen LogP contribution in [0.5, 0.6) is 5.75 Å². The van der Waals surface area contributed by atoms with Crippen molar-refractivity contribution in [2.45, 2.75) is 13.8 Å².